The number of hydrogen-bond acceptors (Lipinski definition) is 2. The maximum Gasteiger partial charge on any atom is 0.189 e. The number of rotatable bonds is 9. The molecule has 0 aliphatic heterocycles. The van der Waals surface area contributed by atoms with Crippen LogP contribution in [0.4, 0.5) is 0 Å². The second-order valence-electron chi connectivity index (χ2n) is 6.21. The second-order valence-corrected chi connectivity index (χ2v) is 6.21. The van der Waals surface area contributed by atoms with E-state index < -0.39 is 0 Å². The molecule has 0 aliphatic carbocycles. The number of ether oxygens (including phenoxy) is 2. The van der Waals surface area contributed by atoms with Crippen LogP contribution < -0.4 is 4.74 Å². The van der Waals surface area contributed by atoms with Crippen LogP contribution in [0, 0.1) is 0 Å². The number of para-hydroxylation sites is 1. The van der Waals surface area contributed by atoms with Crippen molar-refractivity contribution in [3.63, 3.8) is 0 Å². The largest absolute Gasteiger partial charge is 0.467 e. The lowest BCUT2D eigenvalue weighted by Gasteiger charge is -2.11. The maximum atomic E-state index is 5.73. The molecule has 130 valence electrons. The van der Waals surface area contributed by atoms with Gasteiger partial charge >= 0.3 is 0 Å². The van der Waals surface area contributed by atoms with Crippen molar-refractivity contribution >= 4 is 10.8 Å². The van der Waals surface area contributed by atoms with Crippen LogP contribution in [-0.4, -0.2) is 13.4 Å². The minimum Gasteiger partial charge on any atom is -0.467 e. The molecule has 0 unspecified atom stereocenters. The second kappa shape index (κ2) is 9.24. The Balaban J connectivity index is 1.55. The fourth-order valence-corrected chi connectivity index (χ4v) is 3.18. The number of fused-ring (bicyclic) bond motifs is 1. The number of benzene rings is 3. The van der Waals surface area contributed by atoms with E-state index in [2.05, 4.69) is 54.6 Å². The summed E-state index contributed by atoms with van der Waals surface area (Å²) < 4.78 is 11.0. The van der Waals surface area contributed by atoms with Crippen molar-refractivity contribution in [3.05, 3.63) is 77.9 Å². The van der Waals surface area contributed by atoms with Gasteiger partial charge in [-0.05, 0) is 60.6 Å². The monoisotopic (exact) mass is 334 g/mol. The average Bonchev–Trinajstić information content (AvgIpc) is 2.66. The predicted octanol–water partition coefficient (Wildman–Crippen LogP) is 5.78. The van der Waals surface area contributed by atoms with Gasteiger partial charge in [0.25, 0.3) is 0 Å². The van der Waals surface area contributed by atoms with Crippen LogP contribution in [0.5, 0.6) is 5.75 Å². The van der Waals surface area contributed by atoms with Gasteiger partial charge in [0.1, 0.15) is 5.75 Å². The van der Waals surface area contributed by atoms with Crippen LogP contribution in [0.1, 0.15) is 30.9 Å². The Kier molecular flexibility index (Phi) is 6.47. The molecule has 3 aromatic rings. The molecule has 0 saturated heterocycles. The summed E-state index contributed by atoms with van der Waals surface area (Å²) in [6.07, 6.45) is 4.47. The number of unbranched alkanes of at least 4 members (excludes halogenated alkanes) is 1. The van der Waals surface area contributed by atoms with E-state index in [9.17, 15) is 0 Å². The highest BCUT2D eigenvalue weighted by atomic mass is 16.7. The van der Waals surface area contributed by atoms with Crippen molar-refractivity contribution in [1.82, 2.24) is 0 Å². The molecule has 0 fully saturated rings. The third-order valence-electron chi connectivity index (χ3n) is 4.50. The van der Waals surface area contributed by atoms with Crippen molar-refractivity contribution in [2.75, 3.05) is 13.4 Å². The fourth-order valence-electron chi connectivity index (χ4n) is 3.18. The summed E-state index contributed by atoms with van der Waals surface area (Å²) in [6.45, 7) is 2.97. The lowest BCUT2D eigenvalue weighted by molar-refractivity contribution is 0.0218. The van der Waals surface area contributed by atoms with Crippen molar-refractivity contribution in [2.24, 2.45) is 0 Å². The highest BCUT2D eigenvalue weighted by Gasteiger charge is 2.04. The van der Waals surface area contributed by atoms with Crippen LogP contribution in [0.2, 0.25) is 0 Å². The van der Waals surface area contributed by atoms with E-state index in [1.54, 1.807) is 0 Å². The molecule has 2 nitrogen and oxygen atoms in total. The van der Waals surface area contributed by atoms with Gasteiger partial charge in [-0.3, -0.25) is 0 Å². The summed E-state index contributed by atoms with van der Waals surface area (Å²) in [6, 6.07) is 23.5. The van der Waals surface area contributed by atoms with E-state index in [4.69, 9.17) is 9.47 Å². The first-order valence-corrected chi connectivity index (χ1v) is 9.13. The molecule has 3 aromatic carbocycles. The van der Waals surface area contributed by atoms with Gasteiger partial charge in [-0.2, -0.15) is 0 Å². The lowest BCUT2D eigenvalue weighted by atomic mass is 9.98. The fraction of sp³-hybridized carbons (Fsp3) is 0.304. The zero-order valence-electron chi connectivity index (χ0n) is 14.9. The van der Waals surface area contributed by atoms with Crippen molar-refractivity contribution in [2.45, 2.75) is 32.6 Å². The SMILES string of the molecule is CCOCOc1ccccc1CCCCc1cccc2ccccc12. The average molecular weight is 334 g/mol. The van der Waals surface area contributed by atoms with Crippen molar-refractivity contribution < 1.29 is 9.47 Å². The quantitative estimate of drug-likeness (QED) is 0.365. The summed E-state index contributed by atoms with van der Waals surface area (Å²) >= 11 is 0. The van der Waals surface area contributed by atoms with Crippen LogP contribution in [0.25, 0.3) is 10.8 Å². The van der Waals surface area contributed by atoms with Gasteiger partial charge in [-0.15, -0.1) is 0 Å². The molecule has 0 bridgehead atoms. The zero-order valence-corrected chi connectivity index (χ0v) is 14.9. The predicted molar refractivity (Wildman–Crippen MR) is 104 cm³/mol. The molecule has 3 rings (SSSR count). The van der Waals surface area contributed by atoms with E-state index in [1.807, 2.05) is 19.1 Å². The summed E-state index contributed by atoms with van der Waals surface area (Å²) in [7, 11) is 0. The molecule has 0 atom stereocenters. The number of hydrogen-bond donors (Lipinski definition) is 0. The first-order chi connectivity index (χ1) is 12.4. The van der Waals surface area contributed by atoms with E-state index in [0.717, 1.165) is 25.0 Å². The van der Waals surface area contributed by atoms with Gasteiger partial charge < -0.3 is 9.47 Å². The third kappa shape index (κ3) is 4.83. The van der Waals surface area contributed by atoms with Crippen LogP contribution in [-0.2, 0) is 17.6 Å². The van der Waals surface area contributed by atoms with Gasteiger partial charge in [0, 0.05) is 6.61 Å². The Hall–Kier alpha value is -2.32. The molecule has 2 heteroatoms. The van der Waals surface area contributed by atoms with Crippen LogP contribution >= 0.6 is 0 Å². The maximum absolute atomic E-state index is 5.73. The minimum atomic E-state index is 0.323. The van der Waals surface area contributed by atoms with E-state index >= 15 is 0 Å². The molecular formula is C23H26O2. The molecule has 0 aliphatic rings. The summed E-state index contributed by atoms with van der Waals surface area (Å²) in [4.78, 5) is 0. The number of aryl methyl sites for hydroxylation is 2. The molecular weight excluding hydrogens is 308 g/mol. The molecule has 0 radical (unpaired) electrons. The minimum absolute atomic E-state index is 0.323. The van der Waals surface area contributed by atoms with Gasteiger partial charge in [-0.25, -0.2) is 0 Å². The van der Waals surface area contributed by atoms with E-state index in [-0.39, 0.29) is 0 Å². The Labute approximate surface area is 150 Å². The standard InChI is InChI=1S/C23H26O2/c1-2-24-18-25-23-17-8-6-13-21(23)12-4-3-10-19-14-9-15-20-11-5-7-16-22(19)20/h5-9,11,13-17H,2-4,10,12,18H2,1H3. The van der Waals surface area contributed by atoms with Crippen LogP contribution in [0.15, 0.2) is 66.7 Å². The van der Waals surface area contributed by atoms with Crippen molar-refractivity contribution in [1.29, 1.82) is 0 Å². The van der Waals surface area contributed by atoms with Gasteiger partial charge in [0.15, 0.2) is 6.79 Å². The normalized spacial score (nSPS) is 10.9. The summed E-state index contributed by atoms with van der Waals surface area (Å²) in [5, 5.41) is 2.71. The van der Waals surface area contributed by atoms with E-state index in [0.29, 0.717) is 13.4 Å². The molecule has 0 amide bonds. The van der Waals surface area contributed by atoms with Gasteiger partial charge in [-0.1, -0.05) is 60.7 Å². The van der Waals surface area contributed by atoms with E-state index in [1.165, 1.54) is 28.3 Å². The lowest BCUT2D eigenvalue weighted by Crippen LogP contribution is -2.04. The summed E-state index contributed by atoms with van der Waals surface area (Å²) in [5.74, 6) is 0.945. The molecule has 0 heterocycles. The Morgan fingerprint density at radius 1 is 0.720 bits per heavy atom. The third-order valence-corrected chi connectivity index (χ3v) is 4.50. The topological polar surface area (TPSA) is 18.5 Å². The highest BCUT2D eigenvalue weighted by Crippen LogP contribution is 2.23. The highest BCUT2D eigenvalue weighted by molar-refractivity contribution is 5.85. The molecule has 0 aromatic heterocycles. The molecule has 0 saturated carbocycles. The van der Waals surface area contributed by atoms with Gasteiger partial charge in [0.05, 0.1) is 0 Å². The van der Waals surface area contributed by atoms with Crippen LogP contribution in [0.3, 0.4) is 0 Å². The summed E-state index contributed by atoms with van der Waals surface area (Å²) in [5.41, 5.74) is 2.71. The smallest absolute Gasteiger partial charge is 0.189 e. The van der Waals surface area contributed by atoms with Crippen molar-refractivity contribution in [3.8, 4) is 5.75 Å². The Morgan fingerprint density at radius 2 is 1.40 bits per heavy atom. The first-order valence-electron chi connectivity index (χ1n) is 9.13. The Bertz CT molecular complexity index is 789. The first kappa shape index (κ1) is 17.5. The zero-order chi connectivity index (χ0) is 17.3. The van der Waals surface area contributed by atoms with Gasteiger partial charge in [0.2, 0.25) is 0 Å². The molecule has 0 N–H and O–H groups in total. The molecule has 0 spiro atoms. The molecule has 25 heavy (non-hydrogen) atoms. The Morgan fingerprint density at radius 3 is 2.28 bits per heavy atom.